The highest BCUT2D eigenvalue weighted by Gasteiger charge is 2.40. The molecule has 2 aromatic carbocycles. The minimum atomic E-state index is -3.87. The molecule has 0 bridgehead atoms. The molecule has 1 aliphatic carbocycles. The van der Waals surface area contributed by atoms with E-state index in [0.29, 0.717) is 22.5 Å². The average molecular weight is 469 g/mol. The van der Waals surface area contributed by atoms with Crippen molar-refractivity contribution in [3.63, 3.8) is 0 Å². The summed E-state index contributed by atoms with van der Waals surface area (Å²) in [6.45, 7) is 5.13. The van der Waals surface area contributed by atoms with E-state index in [1.165, 1.54) is 4.31 Å². The van der Waals surface area contributed by atoms with Gasteiger partial charge in [0.2, 0.25) is 10.0 Å². The number of esters is 1. The molecule has 0 aliphatic heterocycles. The first-order valence-electron chi connectivity index (χ1n) is 11.0. The van der Waals surface area contributed by atoms with Crippen LogP contribution in [0, 0.1) is 13.8 Å². The van der Waals surface area contributed by atoms with Crippen LogP contribution in [0.5, 0.6) is 0 Å². The summed E-state index contributed by atoms with van der Waals surface area (Å²) in [6, 6.07) is 12.4. The summed E-state index contributed by atoms with van der Waals surface area (Å²) in [7, 11) is -2.17. The molecule has 0 radical (unpaired) electrons. The van der Waals surface area contributed by atoms with Crippen LogP contribution in [0.15, 0.2) is 47.4 Å². The Hall–Kier alpha value is -2.97. The minimum absolute atomic E-state index is 0.176. The molecule has 0 saturated heterocycles. The lowest BCUT2D eigenvalue weighted by Crippen LogP contribution is -2.37. The zero-order chi connectivity index (χ0) is 23.9. The molecule has 7 nitrogen and oxygen atoms in total. The molecular weight excluding hydrogens is 440 g/mol. The van der Waals surface area contributed by atoms with Crippen molar-refractivity contribution >= 4 is 32.5 Å². The van der Waals surface area contributed by atoms with Gasteiger partial charge in [-0.05, 0) is 62.1 Å². The van der Waals surface area contributed by atoms with Crippen LogP contribution in [0.25, 0.3) is 10.8 Å². The molecule has 0 amide bonds. The first-order valence-corrected chi connectivity index (χ1v) is 12.5. The lowest BCUT2D eigenvalue weighted by Gasteiger charge is -2.21. The van der Waals surface area contributed by atoms with Crippen LogP contribution < -0.4 is 0 Å². The predicted molar refractivity (Wildman–Crippen MR) is 126 cm³/mol. The zero-order valence-electron chi connectivity index (χ0n) is 19.3. The second-order valence-corrected chi connectivity index (χ2v) is 10.3. The van der Waals surface area contributed by atoms with Gasteiger partial charge in [-0.1, -0.05) is 30.3 Å². The molecule has 8 heteroatoms. The molecule has 33 heavy (non-hydrogen) atoms. The first kappa shape index (κ1) is 23.2. The van der Waals surface area contributed by atoms with E-state index in [4.69, 9.17) is 4.74 Å². The number of carbonyl (C=O) groups is 2. The van der Waals surface area contributed by atoms with E-state index in [1.807, 2.05) is 24.3 Å². The van der Waals surface area contributed by atoms with E-state index >= 15 is 0 Å². The van der Waals surface area contributed by atoms with Gasteiger partial charge in [0.1, 0.15) is 5.69 Å². The third-order valence-corrected chi connectivity index (χ3v) is 8.15. The standard InChI is InChI=1S/C25H28N2O5S/c1-5-32-25(29)24-16(2)23(17(3)26(24)4)22(28)15-27(20-11-12-20)33(30,31)21-13-10-18-8-6-7-9-19(18)14-21/h6-10,13-14,20H,5,11-12,15H2,1-4H3. The van der Waals surface area contributed by atoms with E-state index in [9.17, 15) is 18.0 Å². The Morgan fingerprint density at radius 1 is 1.09 bits per heavy atom. The molecule has 174 valence electrons. The van der Waals surface area contributed by atoms with Crippen LogP contribution in [-0.4, -0.2) is 48.2 Å². The summed E-state index contributed by atoms with van der Waals surface area (Å²) in [5.74, 6) is -0.824. The maximum Gasteiger partial charge on any atom is 0.355 e. The number of carbonyl (C=O) groups excluding carboxylic acids is 2. The Labute approximate surface area is 194 Å². The Bertz CT molecular complexity index is 1350. The number of rotatable bonds is 8. The highest BCUT2D eigenvalue weighted by atomic mass is 32.2. The van der Waals surface area contributed by atoms with Crippen LogP contribution in [0.4, 0.5) is 0 Å². The number of sulfonamides is 1. The zero-order valence-corrected chi connectivity index (χ0v) is 20.1. The second-order valence-electron chi connectivity index (χ2n) is 8.43. The summed E-state index contributed by atoms with van der Waals surface area (Å²) in [5.41, 5.74) is 1.81. The van der Waals surface area contributed by atoms with Crippen LogP contribution >= 0.6 is 0 Å². The van der Waals surface area contributed by atoms with E-state index in [1.54, 1.807) is 50.6 Å². The van der Waals surface area contributed by atoms with Gasteiger partial charge in [0.25, 0.3) is 0 Å². The topological polar surface area (TPSA) is 85.7 Å². The first-order chi connectivity index (χ1) is 15.7. The van der Waals surface area contributed by atoms with E-state index in [2.05, 4.69) is 0 Å². The summed E-state index contributed by atoms with van der Waals surface area (Å²) in [4.78, 5) is 26.0. The third kappa shape index (κ3) is 4.20. The minimum Gasteiger partial charge on any atom is -0.461 e. The van der Waals surface area contributed by atoms with Crippen LogP contribution in [0.1, 0.15) is 51.9 Å². The fourth-order valence-corrected chi connectivity index (χ4v) is 6.01. The lowest BCUT2D eigenvalue weighted by atomic mass is 10.1. The monoisotopic (exact) mass is 468 g/mol. The summed E-state index contributed by atoms with van der Waals surface area (Å²) in [6.07, 6.45) is 1.45. The second kappa shape index (κ2) is 8.76. The fraction of sp³-hybridized carbons (Fsp3) is 0.360. The van der Waals surface area contributed by atoms with Crippen LogP contribution in [0.2, 0.25) is 0 Å². The van der Waals surface area contributed by atoms with E-state index in [-0.39, 0.29) is 29.9 Å². The number of hydrogen-bond acceptors (Lipinski definition) is 5. The SMILES string of the molecule is CCOC(=O)c1c(C)c(C(=O)CN(C2CC2)S(=O)(=O)c2ccc3ccccc3c2)c(C)n1C. The number of benzene rings is 2. The third-order valence-electron chi connectivity index (χ3n) is 6.26. The molecule has 3 aromatic rings. The van der Waals surface area contributed by atoms with E-state index in [0.717, 1.165) is 23.6 Å². The summed E-state index contributed by atoms with van der Waals surface area (Å²) >= 11 is 0. The molecule has 0 N–H and O–H groups in total. The van der Waals surface area contributed by atoms with E-state index < -0.39 is 16.0 Å². The Kier molecular flexibility index (Phi) is 6.16. The highest BCUT2D eigenvalue weighted by molar-refractivity contribution is 7.89. The van der Waals surface area contributed by atoms with Crippen LogP contribution in [0.3, 0.4) is 0 Å². The van der Waals surface area contributed by atoms with Gasteiger partial charge in [0.15, 0.2) is 5.78 Å². The van der Waals surface area contributed by atoms with Gasteiger partial charge in [-0.2, -0.15) is 4.31 Å². The normalized spacial score (nSPS) is 14.1. The highest BCUT2D eigenvalue weighted by Crippen LogP contribution is 2.34. The molecule has 1 fully saturated rings. The largest absolute Gasteiger partial charge is 0.461 e. The predicted octanol–water partition coefficient (Wildman–Crippen LogP) is 4.01. The van der Waals surface area contributed by atoms with Crippen molar-refractivity contribution in [2.75, 3.05) is 13.2 Å². The van der Waals surface area contributed by atoms with Gasteiger partial charge in [-0.15, -0.1) is 0 Å². The Morgan fingerprint density at radius 2 is 1.76 bits per heavy atom. The molecule has 0 atom stereocenters. The van der Waals surface area contributed by atoms with Gasteiger partial charge in [0, 0.05) is 24.3 Å². The lowest BCUT2D eigenvalue weighted by molar-refractivity contribution is 0.0514. The summed E-state index contributed by atoms with van der Waals surface area (Å²) in [5, 5.41) is 1.78. The number of ether oxygens (including phenoxy) is 1. The van der Waals surface area contributed by atoms with Crippen molar-refractivity contribution in [2.24, 2.45) is 7.05 Å². The smallest absolute Gasteiger partial charge is 0.355 e. The number of nitrogens with zero attached hydrogens (tertiary/aromatic N) is 2. The molecule has 1 heterocycles. The number of fused-ring (bicyclic) bond motifs is 1. The Balaban J connectivity index is 1.68. The van der Waals surface area contributed by atoms with Crippen molar-refractivity contribution in [1.29, 1.82) is 0 Å². The maximum atomic E-state index is 13.6. The van der Waals surface area contributed by atoms with Crippen molar-refractivity contribution in [2.45, 2.75) is 44.6 Å². The van der Waals surface area contributed by atoms with Crippen LogP contribution in [-0.2, 0) is 21.8 Å². The average Bonchev–Trinajstić information content (AvgIpc) is 3.59. The van der Waals surface area contributed by atoms with Crippen molar-refractivity contribution in [3.05, 3.63) is 65.0 Å². The Morgan fingerprint density at radius 3 is 2.39 bits per heavy atom. The van der Waals surface area contributed by atoms with Gasteiger partial charge in [-0.25, -0.2) is 13.2 Å². The molecular formula is C25H28N2O5S. The number of ketones is 1. The number of aromatic nitrogens is 1. The quantitative estimate of drug-likeness (QED) is 0.368. The number of hydrogen-bond donors (Lipinski definition) is 0. The van der Waals surface area contributed by atoms with Crippen molar-refractivity contribution in [3.8, 4) is 0 Å². The van der Waals surface area contributed by atoms with Gasteiger partial charge in [-0.3, -0.25) is 4.79 Å². The molecule has 4 rings (SSSR count). The van der Waals surface area contributed by atoms with Gasteiger partial charge >= 0.3 is 5.97 Å². The summed E-state index contributed by atoms with van der Waals surface area (Å²) < 4.78 is 35.2. The number of Topliss-reactive ketones (excluding diaryl/α,β-unsaturated/α-hetero) is 1. The fourth-order valence-electron chi connectivity index (χ4n) is 4.33. The van der Waals surface area contributed by atoms with Gasteiger partial charge in [0.05, 0.1) is 18.0 Å². The molecule has 1 aliphatic rings. The molecule has 0 unspecified atom stereocenters. The molecule has 1 saturated carbocycles. The van der Waals surface area contributed by atoms with Crippen molar-refractivity contribution in [1.82, 2.24) is 8.87 Å². The van der Waals surface area contributed by atoms with Crippen molar-refractivity contribution < 1.29 is 22.7 Å². The van der Waals surface area contributed by atoms with Gasteiger partial charge < -0.3 is 9.30 Å². The molecule has 0 spiro atoms. The molecule has 1 aromatic heterocycles. The maximum absolute atomic E-state index is 13.6.